The molecule has 23 heavy (non-hydrogen) atoms. The van der Waals surface area contributed by atoms with Crippen LogP contribution in [0.4, 0.5) is 0 Å². The van der Waals surface area contributed by atoms with Crippen molar-refractivity contribution in [3.63, 3.8) is 0 Å². The van der Waals surface area contributed by atoms with E-state index in [1.165, 1.54) is 19.3 Å². The van der Waals surface area contributed by atoms with Crippen molar-refractivity contribution in [3.05, 3.63) is 30.2 Å². The first-order valence-electron chi connectivity index (χ1n) is 6.56. The van der Waals surface area contributed by atoms with Crippen molar-refractivity contribution >= 4 is 29.8 Å². The van der Waals surface area contributed by atoms with Crippen molar-refractivity contribution in [1.29, 1.82) is 0 Å². The van der Waals surface area contributed by atoms with Crippen molar-refractivity contribution in [3.8, 4) is 0 Å². The zero-order valence-electron chi connectivity index (χ0n) is 12.2. The normalized spacial score (nSPS) is 13.3. The van der Waals surface area contributed by atoms with Gasteiger partial charge in [0, 0.05) is 6.08 Å². The molecule has 0 aliphatic carbocycles. The predicted octanol–water partition coefficient (Wildman–Crippen LogP) is -0.158. The lowest BCUT2D eigenvalue weighted by Crippen LogP contribution is -2.51. The van der Waals surface area contributed by atoms with E-state index in [0.29, 0.717) is 5.76 Å². The molecule has 0 saturated carbocycles. The van der Waals surface area contributed by atoms with Crippen LogP contribution >= 0.6 is 0 Å². The van der Waals surface area contributed by atoms with Gasteiger partial charge in [-0.1, -0.05) is 0 Å². The Morgan fingerprint density at radius 3 is 2.48 bits per heavy atom. The summed E-state index contributed by atoms with van der Waals surface area (Å²) in [7, 11) is 0. The highest BCUT2D eigenvalue weighted by Gasteiger charge is 2.25. The van der Waals surface area contributed by atoms with Crippen LogP contribution in [-0.4, -0.2) is 46.0 Å². The molecule has 1 rings (SSSR count). The van der Waals surface area contributed by atoms with Crippen molar-refractivity contribution in [1.82, 2.24) is 10.6 Å². The Balaban J connectivity index is 2.69. The van der Waals surface area contributed by atoms with Crippen LogP contribution in [0.2, 0.25) is 0 Å². The number of furan rings is 1. The Labute approximate surface area is 131 Å². The van der Waals surface area contributed by atoms with Crippen molar-refractivity contribution < 1.29 is 33.8 Å². The minimum absolute atomic E-state index is 0.402. The fourth-order valence-electron chi connectivity index (χ4n) is 1.52. The van der Waals surface area contributed by atoms with Crippen LogP contribution in [0.3, 0.4) is 0 Å². The van der Waals surface area contributed by atoms with E-state index in [9.17, 15) is 19.2 Å². The molecule has 9 heteroatoms. The molecule has 0 fully saturated rings. The number of carboxylic acid groups (broad SMARTS) is 2. The summed E-state index contributed by atoms with van der Waals surface area (Å²) in [6, 6.07) is 0.600. The molecule has 0 aliphatic rings. The molecule has 0 saturated heterocycles. The van der Waals surface area contributed by atoms with Gasteiger partial charge in [-0.05, 0) is 25.1 Å². The summed E-state index contributed by atoms with van der Waals surface area (Å²) in [5.74, 6) is -3.81. The number of aliphatic carboxylic acids is 2. The largest absolute Gasteiger partial charge is 0.481 e. The van der Waals surface area contributed by atoms with Gasteiger partial charge in [-0.2, -0.15) is 0 Å². The van der Waals surface area contributed by atoms with Gasteiger partial charge < -0.3 is 25.3 Å². The van der Waals surface area contributed by atoms with Crippen LogP contribution in [0.15, 0.2) is 28.9 Å². The minimum atomic E-state index is -1.40. The SMILES string of the molecule is CC(NC(=O)C(CC(=O)O)NC(=O)C=Cc1ccco1)C(=O)O. The molecule has 9 nitrogen and oxygen atoms in total. The van der Waals surface area contributed by atoms with Crippen molar-refractivity contribution in [2.45, 2.75) is 25.4 Å². The fraction of sp³-hybridized carbons (Fsp3) is 0.286. The second kappa shape index (κ2) is 8.37. The predicted molar refractivity (Wildman–Crippen MR) is 77.2 cm³/mol. The molecule has 0 aliphatic heterocycles. The highest BCUT2D eigenvalue weighted by Crippen LogP contribution is 2.02. The van der Waals surface area contributed by atoms with Gasteiger partial charge in [-0.3, -0.25) is 19.2 Å². The van der Waals surface area contributed by atoms with Crippen LogP contribution in [0.25, 0.3) is 6.08 Å². The van der Waals surface area contributed by atoms with Gasteiger partial charge >= 0.3 is 11.9 Å². The van der Waals surface area contributed by atoms with E-state index >= 15 is 0 Å². The van der Waals surface area contributed by atoms with Crippen LogP contribution in [0.1, 0.15) is 19.1 Å². The third-order valence-electron chi connectivity index (χ3n) is 2.68. The molecule has 0 radical (unpaired) electrons. The van der Waals surface area contributed by atoms with Crippen LogP contribution in [0, 0.1) is 0 Å². The smallest absolute Gasteiger partial charge is 0.325 e. The number of hydrogen-bond donors (Lipinski definition) is 4. The molecule has 1 aromatic heterocycles. The molecular formula is C14H16N2O7. The summed E-state index contributed by atoms with van der Waals surface area (Å²) < 4.78 is 4.97. The first-order chi connectivity index (χ1) is 10.8. The maximum atomic E-state index is 11.9. The second-order valence-electron chi connectivity index (χ2n) is 4.58. The lowest BCUT2D eigenvalue weighted by atomic mass is 10.1. The molecule has 2 unspecified atom stereocenters. The van der Waals surface area contributed by atoms with E-state index < -0.39 is 42.3 Å². The third-order valence-corrected chi connectivity index (χ3v) is 2.68. The topological polar surface area (TPSA) is 146 Å². The van der Waals surface area contributed by atoms with Crippen LogP contribution < -0.4 is 10.6 Å². The first-order valence-corrected chi connectivity index (χ1v) is 6.56. The van der Waals surface area contributed by atoms with Gasteiger partial charge in [-0.15, -0.1) is 0 Å². The molecule has 0 aromatic carbocycles. The first kappa shape index (κ1) is 18.0. The quantitative estimate of drug-likeness (QED) is 0.486. The maximum Gasteiger partial charge on any atom is 0.325 e. The zero-order valence-corrected chi connectivity index (χ0v) is 12.2. The molecule has 4 N–H and O–H groups in total. The lowest BCUT2D eigenvalue weighted by molar-refractivity contribution is -0.142. The van der Waals surface area contributed by atoms with Crippen LogP contribution in [-0.2, 0) is 19.2 Å². The van der Waals surface area contributed by atoms with E-state index in [4.69, 9.17) is 14.6 Å². The molecule has 0 bridgehead atoms. The van der Waals surface area contributed by atoms with E-state index in [1.54, 1.807) is 12.1 Å². The van der Waals surface area contributed by atoms with Crippen LogP contribution in [0.5, 0.6) is 0 Å². The maximum absolute atomic E-state index is 11.9. The second-order valence-corrected chi connectivity index (χ2v) is 4.58. The number of carbonyl (C=O) groups excluding carboxylic acids is 2. The summed E-state index contributed by atoms with van der Waals surface area (Å²) >= 11 is 0. The average molecular weight is 324 g/mol. The molecule has 2 atom stereocenters. The Hall–Kier alpha value is -3.10. The molecule has 1 aromatic rings. The Morgan fingerprint density at radius 1 is 1.26 bits per heavy atom. The number of hydrogen-bond acceptors (Lipinski definition) is 5. The highest BCUT2D eigenvalue weighted by molar-refractivity contribution is 5.97. The molecule has 2 amide bonds. The summed E-state index contributed by atoms with van der Waals surface area (Å²) in [6.45, 7) is 1.22. The Kier molecular flexibility index (Phi) is 6.53. The highest BCUT2D eigenvalue weighted by atomic mass is 16.4. The Morgan fingerprint density at radius 2 is 1.96 bits per heavy atom. The van der Waals surface area contributed by atoms with Gasteiger partial charge in [0.15, 0.2) is 0 Å². The molecule has 124 valence electrons. The number of amides is 2. The van der Waals surface area contributed by atoms with Gasteiger partial charge in [-0.25, -0.2) is 0 Å². The number of rotatable bonds is 8. The fourth-order valence-corrected chi connectivity index (χ4v) is 1.52. The van der Waals surface area contributed by atoms with Gasteiger partial charge in [0.1, 0.15) is 17.8 Å². The summed E-state index contributed by atoms with van der Waals surface area (Å²) in [4.78, 5) is 45.1. The number of carboxylic acids is 2. The van der Waals surface area contributed by atoms with E-state index in [-0.39, 0.29) is 0 Å². The summed E-state index contributed by atoms with van der Waals surface area (Å²) in [5, 5.41) is 21.8. The minimum Gasteiger partial charge on any atom is -0.481 e. The molecule has 0 spiro atoms. The number of nitrogens with one attached hydrogen (secondary N) is 2. The molecular weight excluding hydrogens is 308 g/mol. The standard InChI is InChI=1S/C14H16N2O7/c1-8(14(21)22)15-13(20)10(7-12(18)19)16-11(17)5-4-9-3-2-6-23-9/h2-6,8,10H,7H2,1H3,(H,15,20)(H,16,17)(H,18,19)(H,21,22). The van der Waals surface area contributed by atoms with E-state index in [1.807, 2.05) is 0 Å². The van der Waals surface area contributed by atoms with Crippen molar-refractivity contribution in [2.75, 3.05) is 0 Å². The van der Waals surface area contributed by atoms with Crippen molar-refractivity contribution in [2.24, 2.45) is 0 Å². The summed E-state index contributed by atoms with van der Waals surface area (Å²) in [5.41, 5.74) is 0. The van der Waals surface area contributed by atoms with Gasteiger partial charge in [0.2, 0.25) is 11.8 Å². The average Bonchev–Trinajstić information content (AvgIpc) is 2.97. The zero-order chi connectivity index (χ0) is 17.4. The lowest BCUT2D eigenvalue weighted by Gasteiger charge is -2.17. The number of carbonyl (C=O) groups is 4. The molecule has 1 heterocycles. The monoisotopic (exact) mass is 324 g/mol. The van der Waals surface area contributed by atoms with Gasteiger partial charge in [0.25, 0.3) is 0 Å². The summed E-state index contributed by atoms with van der Waals surface area (Å²) in [6.07, 6.45) is 3.14. The van der Waals surface area contributed by atoms with E-state index in [0.717, 1.165) is 6.08 Å². The van der Waals surface area contributed by atoms with Gasteiger partial charge in [0.05, 0.1) is 12.7 Å². The Bertz CT molecular complexity index is 607. The third kappa shape index (κ3) is 6.46. The van der Waals surface area contributed by atoms with E-state index in [2.05, 4.69) is 10.6 Å².